The van der Waals surface area contributed by atoms with Crippen LogP contribution in [0.25, 0.3) is 0 Å². The van der Waals surface area contributed by atoms with Crippen LogP contribution in [0.15, 0.2) is 12.4 Å². The Kier molecular flexibility index (Phi) is 9.80. The third-order valence-electron chi connectivity index (χ3n) is 5.12. The number of ether oxygens (including phenoxy) is 1. The van der Waals surface area contributed by atoms with E-state index >= 15 is 0 Å². The summed E-state index contributed by atoms with van der Waals surface area (Å²) in [6.07, 6.45) is 7.14. The minimum atomic E-state index is -0.268. The number of rotatable bonds is 8. The number of halogens is 1. The molecule has 2 rings (SSSR count). The smallest absolute Gasteiger partial charge is 0.326 e. The van der Waals surface area contributed by atoms with E-state index in [1.807, 2.05) is 18.7 Å². The quantitative estimate of drug-likeness (QED) is 0.625. The first-order valence-corrected chi connectivity index (χ1v) is 9.54. The van der Waals surface area contributed by atoms with Gasteiger partial charge in [0.05, 0.1) is 6.10 Å². The maximum Gasteiger partial charge on any atom is 0.326 e. The van der Waals surface area contributed by atoms with Gasteiger partial charge in [-0.3, -0.25) is 9.59 Å². The van der Waals surface area contributed by atoms with Gasteiger partial charge >= 0.3 is 5.97 Å². The third kappa shape index (κ3) is 7.14. The molecule has 0 saturated carbocycles. The van der Waals surface area contributed by atoms with Crippen LogP contribution in [0.1, 0.15) is 45.4 Å². The lowest BCUT2D eigenvalue weighted by atomic mass is 10.0. The van der Waals surface area contributed by atoms with E-state index in [0.717, 1.165) is 38.2 Å². The molecule has 1 aromatic heterocycles. The number of esters is 1. The van der Waals surface area contributed by atoms with E-state index in [2.05, 4.69) is 24.0 Å². The highest BCUT2D eigenvalue weighted by Gasteiger charge is 2.24. The van der Waals surface area contributed by atoms with E-state index in [4.69, 9.17) is 4.74 Å². The number of amides is 1. The van der Waals surface area contributed by atoms with Crippen LogP contribution in [0.5, 0.6) is 0 Å². The van der Waals surface area contributed by atoms with Crippen molar-refractivity contribution >= 4 is 24.3 Å². The molecule has 1 amide bonds. The SMILES string of the molecule is CCC(C)OC(=O)Cn1ccnc1CCC(=O)N1CCC(N(C)C)CC1.Cl. The van der Waals surface area contributed by atoms with Crippen LogP contribution in [0.2, 0.25) is 0 Å². The molecule has 7 nitrogen and oxygen atoms in total. The second-order valence-corrected chi connectivity index (χ2v) is 7.26. The summed E-state index contributed by atoms with van der Waals surface area (Å²) in [7, 11) is 4.18. The first-order chi connectivity index (χ1) is 12.4. The van der Waals surface area contributed by atoms with Crippen molar-refractivity contribution in [1.29, 1.82) is 0 Å². The van der Waals surface area contributed by atoms with Gasteiger partial charge in [-0.05, 0) is 40.3 Å². The van der Waals surface area contributed by atoms with Gasteiger partial charge < -0.3 is 19.1 Å². The molecule has 1 aliphatic rings. The molecule has 154 valence electrons. The molecule has 0 aliphatic carbocycles. The van der Waals surface area contributed by atoms with Crippen molar-refractivity contribution in [2.45, 2.75) is 64.6 Å². The molecule has 1 fully saturated rings. The van der Waals surface area contributed by atoms with Gasteiger partial charge in [0.15, 0.2) is 0 Å². The molecule has 1 saturated heterocycles. The summed E-state index contributed by atoms with van der Waals surface area (Å²) in [4.78, 5) is 32.9. The number of aryl methyl sites for hydroxylation is 1. The van der Waals surface area contributed by atoms with Crippen molar-refractivity contribution in [2.75, 3.05) is 27.2 Å². The Morgan fingerprint density at radius 3 is 2.59 bits per heavy atom. The fourth-order valence-electron chi connectivity index (χ4n) is 3.20. The number of piperidine rings is 1. The maximum atomic E-state index is 12.5. The predicted octanol–water partition coefficient (Wildman–Crippen LogP) is 2.13. The summed E-state index contributed by atoms with van der Waals surface area (Å²) in [5.41, 5.74) is 0. The number of likely N-dealkylation sites (tertiary alicyclic amines) is 1. The number of hydrogen-bond donors (Lipinski definition) is 0. The van der Waals surface area contributed by atoms with Gasteiger partial charge in [0.1, 0.15) is 12.4 Å². The van der Waals surface area contributed by atoms with Crippen molar-refractivity contribution < 1.29 is 14.3 Å². The molecule has 0 spiro atoms. The van der Waals surface area contributed by atoms with Gasteiger partial charge in [0.25, 0.3) is 0 Å². The highest BCUT2D eigenvalue weighted by molar-refractivity contribution is 5.85. The van der Waals surface area contributed by atoms with Gasteiger partial charge in [-0.15, -0.1) is 12.4 Å². The first-order valence-electron chi connectivity index (χ1n) is 9.54. The average molecular weight is 401 g/mol. The zero-order valence-electron chi connectivity index (χ0n) is 16.9. The summed E-state index contributed by atoms with van der Waals surface area (Å²) in [6.45, 7) is 5.63. The van der Waals surface area contributed by atoms with E-state index in [1.165, 1.54) is 0 Å². The number of imidazole rings is 1. The summed E-state index contributed by atoms with van der Waals surface area (Å²) in [6, 6.07) is 0.564. The van der Waals surface area contributed by atoms with Crippen molar-refractivity contribution in [3.05, 3.63) is 18.2 Å². The average Bonchev–Trinajstić information content (AvgIpc) is 3.06. The molecule has 27 heavy (non-hydrogen) atoms. The second-order valence-electron chi connectivity index (χ2n) is 7.26. The lowest BCUT2D eigenvalue weighted by molar-refractivity contribution is -0.149. The minimum Gasteiger partial charge on any atom is -0.461 e. The molecule has 1 aromatic rings. The van der Waals surface area contributed by atoms with Crippen molar-refractivity contribution in [3.63, 3.8) is 0 Å². The number of aromatic nitrogens is 2. The summed E-state index contributed by atoms with van der Waals surface area (Å²) in [5, 5.41) is 0. The summed E-state index contributed by atoms with van der Waals surface area (Å²) >= 11 is 0. The van der Waals surface area contributed by atoms with E-state index in [0.29, 0.717) is 18.9 Å². The lowest BCUT2D eigenvalue weighted by Crippen LogP contribution is -2.44. The van der Waals surface area contributed by atoms with Crippen LogP contribution >= 0.6 is 12.4 Å². The standard InChI is InChI=1S/C19H32N4O3.ClH/c1-5-15(2)26-19(25)14-23-13-10-20-17(23)6-7-18(24)22-11-8-16(9-12-22)21(3)4;/h10,13,15-16H,5-9,11-12,14H2,1-4H3;1H. The molecule has 0 radical (unpaired) electrons. The minimum absolute atomic E-state index is 0. The molecule has 1 atom stereocenters. The highest BCUT2D eigenvalue weighted by Crippen LogP contribution is 2.15. The summed E-state index contributed by atoms with van der Waals surface area (Å²) < 4.78 is 7.09. The van der Waals surface area contributed by atoms with Crippen LogP contribution in [0.3, 0.4) is 0 Å². The van der Waals surface area contributed by atoms with Gasteiger partial charge in [0, 0.05) is 44.4 Å². The number of carbonyl (C=O) groups excluding carboxylic acids is 2. The topological polar surface area (TPSA) is 67.7 Å². The van der Waals surface area contributed by atoms with Gasteiger partial charge in [-0.2, -0.15) is 0 Å². The van der Waals surface area contributed by atoms with Crippen LogP contribution in [-0.4, -0.2) is 70.6 Å². The number of nitrogens with zero attached hydrogens (tertiary/aromatic N) is 4. The molecule has 2 heterocycles. The maximum absolute atomic E-state index is 12.5. The van der Waals surface area contributed by atoms with E-state index in [1.54, 1.807) is 17.0 Å². The molecule has 1 unspecified atom stereocenters. The van der Waals surface area contributed by atoms with Crippen molar-refractivity contribution in [3.8, 4) is 0 Å². The largest absolute Gasteiger partial charge is 0.461 e. The van der Waals surface area contributed by atoms with Gasteiger partial charge in [0.2, 0.25) is 5.91 Å². The van der Waals surface area contributed by atoms with Crippen LogP contribution in [0, 0.1) is 0 Å². The van der Waals surface area contributed by atoms with Crippen molar-refractivity contribution in [1.82, 2.24) is 19.4 Å². The molecule has 0 N–H and O–H groups in total. The first kappa shape index (κ1) is 23.4. The number of hydrogen-bond acceptors (Lipinski definition) is 5. The highest BCUT2D eigenvalue weighted by atomic mass is 35.5. The Labute approximate surface area is 168 Å². The monoisotopic (exact) mass is 400 g/mol. The Morgan fingerprint density at radius 2 is 2.00 bits per heavy atom. The Morgan fingerprint density at radius 1 is 1.33 bits per heavy atom. The molecule has 0 aromatic carbocycles. The Hall–Kier alpha value is -1.60. The van der Waals surface area contributed by atoms with Crippen LogP contribution in [-0.2, 0) is 27.3 Å². The van der Waals surface area contributed by atoms with Gasteiger partial charge in [-0.1, -0.05) is 6.92 Å². The van der Waals surface area contributed by atoms with Gasteiger partial charge in [-0.25, -0.2) is 4.98 Å². The van der Waals surface area contributed by atoms with Crippen molar-refractivity contribution in [2.24, 2.45) is 0 Å². The van der Waals surface area contributed by atoms with Crippen LogP contribution in [0.4, 0.5) is 0 Å². The predicted molar refractivity (Wildman–Crippen MR) is 107 cm³/mol. The fourth-order valence-corrected chi connectivity index (χ4v) is 3.20. The Balaban J connectivity index is 0.00000364. The normalized spacial score (nSPS) is 16.1. The number of carbonyl (C=O) groups is 2. The van der Waals surface area contributed by atoms with E-state index in [9.17, 15) is 9.59 Å². The molecular weight excluding hydrogens is 368 g/mol. The third-order valence-corrected chi connectivity index (χ3v) is 5.12. The van der Waals surface area contributed by atoms with E-state index in [-0.39, 0.29) is 36.9 Å². The molecule has 1 aliphatic heterocycles. The fraction of sp³-hybridized carbons (Fsp3) is 0.737. The molecule has 8 heteroatoms. The summed E-state index contributed by atoms with van der Waals surface area (Å²) in [5.74, 6) is 0.650. The van der Waals surface area contributed by atoms with Crippen LogP contribution < -0.4 is 0 Å². The molecular formula is C19H33ClN4O3. The zero-order valence-corrected chi connectivity index (χ0v) is 17.7. The van der Waals surface area contributed by atoms with E-state index < -0.39 is 0 Å². The second kappa shape index (κ2) is 11.3. The Bertz CT molecular complexity index is 598. The lowest BCUT2D eigenvalue weighted by Gasteiger charge is -2.35. The zero-order chi connectivity index (χ0) is 19.1. The molecule has 0 bridgehead atoms.